The highest BCUT2D eigenvalue weighted by atomic mass is 32.2. The van der Waals surface area contributed by atoms with Crippen LogP contribution >= 0.6 is 0 Å². The fourth-order valence-electron chi connectivity index (χ4n) is 0.564. The van der Waals surface area contributed by atoms with Crippen molar-refractivity contribution in [3.05, 3.63) is 12.0 Å². The van der Waals surface area contributed by atoms with Gasteiger partial charge in [-0.05, 0) is 6.92 Å². The largest absolute Gasteiger partial charge is 0.370 e. The lowest BCUT2D eigenvalue weighted by Crippen LogP contribution is -2.23. The third-order valence-corrected chi connectivity index (χ3v) is 3.03. The van der Waals surface area contributed by atoms with E-state index in [-0.39, 0.29) is 6.42 Å². The molecule has 4 nitrogen and oxygen atoms in total. The van der Waals surface area contributed by atoms with E-state index in [2.05, 4.69) is 6.58 Å². The average Bonchev–Trinajstić information content (AvgIpc) is 1.86. The molecule has 5 heteroatoms. The van der Waals surface area contributed by atoms with Crippen LogP contribution in [0.4, 0.5) is 0 Å². The van der Waals surface area contributed by atoms with Crippen molar-refractivity contribution in [3.63, 3.8) is 0 Å². The van der Waals surface area contributed by atoms with Crippen LogP contribution < -0.4 is 5.73 Å². The van der Waals surface area contributed by atoms with Gasteiger partial charge in [0, 0.05) is 11.8 Å². The molecule has 0 rings (SSSR count). The Morgan fingerprint density at radius 3 is 2.45 bits per heavy atom. The van der Waals surface area contributed by atoms with Crippen LogP contribution in [0.3, 0.4) is 0 Å². The summed E-state index contributed by atoms with van der Waals surface area (Å²) in [6, 6.07) is 0. The molecular weight excluding hydrogens is 166 g/mol. The van der Waals surface area contributed by atoms with E-state index in [1.54, 1.807) is 0 Å². The first-order valence-corrected chi connectivity index (χ1v) is 4.65. The van der Waals surface area contributed by atoms with Crippen molar-refractivity contribution < 1.29 is 13.2 Å². The minimum Gasteiger partial charge on any atom is -0.370 e. The van der Waals surface area contributed by atoms with Crippen LogP contribution in [0.5, 0.6) is 0 Å². The molecular formula is C6H11NO3S. The summed E-state index contributed by atoms with van der Waals surface area (Å²) in [4.78, 5) is 10.3. The Kier molecular flexibility index (Phi) is 3.25. The second-order valence-electron chi connectivity index (χ2n) is 2.24. The third-order valence-electron chi connectivity index (χ3n) is 1.28. The van der Waals surface area contributed by atoms with Crippen molar-refractivity contribution in [2.24, 2.45) is 5.73 Å². The molecule has 0 spiro atoms. The van der Waals surface area contributed by atoms with Crippen LogP contribution in [0.25, 0.3) is 0 Å². The number of carbonyl (C=O) groups is 1. The van der Waals surface area contributed by atoms with E-state index in [0.29, 0.717) is 0 Å². The van der Waals surface area contributed by atoms with Gasteiger partial charge in [0.1, 0.15) is 0 Å². The van der Waals surface area contributed by atoms with E-state index in [9.17, 15) is 13.2 Å². The van der Waals surface area contributed by atoms with Gasteiger partial charge >= 0.3 is 0 Å². The highest BCUT2D eigenvalue weighted by Gasteiger charge is 2.18. The van der Waals surface area contributed by atoms with Gasteiger partial charge in [-0.1, -0.05) is 6.58 Å². The highest BCUT2D eigenvalue weighted by Crippen LogP contribution is 2.05. The standard InChI is InChI=1S/C6H11NO3S/c1-3-11(9,10)5(2)4-6(7)8/h3,5H,1,4H2,2H3,(H2,7,8)/t5-/m1/s1. The topological polar surface area (TPSA) is 77.2 Å². The molecule has 0 bridgehead atoms. The van der Waals surface area contributed by atoms with Gasteiger partial charge in [0.2, 0.25) is 5.91 Å². The molecule has 0 aromatic carbocycles. The lowest BCUT2D eigenvalue weighted by molar-refractivity contribution is -0.117. The lowest BCUT2D eigenvalue weighted by atomic mass is 10.3. The van der Waals surface area contributed by atoms with E-state index in [1.165, 1.54) is 6.92 Å². The van der Waals surface area contributed by atoms with Gasteiger partial charge in [-0.2, -0.15) is 0 Å². The van der Waals surface area contributed by atoms with Crippen molar-refractivity contribution in [2.75, 3.05) is 0 Å². The lowest BCUT2D eigenvalue weighted by Gasteiger charge is -2.05. The van der Waals surface area contributed by atoms with Crippen LogP contribution in [0.2, 0.25) is 0 Å². The number of nitrogens with two attached hydrogens (primary N) is 1. The molecule has 2 N–H and O–H groups in total. The number of hydrogen-bond acceptors (Lipinski definition) is 3. The van der Waals surface area contributed by atoms with Gasteiger partial charge in [-0.25, -0.2) is 8.42 Å². The van der Waals surface area contributed by atoms with Crippen LogP contribution in [-0.4, -0.2) is 19.6 Å². The normalized spacial score (nSPS) is 13.9. The van der Waals surface area contributed by atoms with Gasteiger partial charge in [0.15, 0.2) is 9.84 Å². The van der Waals surface area contributed by atoms with Crippen molar-refractivity contribution >= 4 is 15.7 Å². The molecule has 64 valence electrons. The molecule has 0 aliphatic carbocycles. The Balaban J connectivity index is 4.37. The summed E-state index contributed by atoms with van der Waals surface area (Å²) in [6.45, 7) is 4.54. The molecule has 0 fully saturated rings. The molecule has 0 aliphatic heterocycles. The van der Waals surface area contributed by atoms with Crippen molar-refractivity contribution in [1.29, 1.82) is 0 Å². The predicted molar refractivity (Wildman–Crippen MR) is 42.4 cm³/mol. The smallest absolute Gasteiger partial charge is 0.218 e. The molecule has 1 amide bonds. The molecule has 11 heavy (non-hydrogen) atoms. The Morgan fingerprint density at radius 2 is 2.18 bits per heavy atom. The Bertz CT molecular complexity index is 255. The highest BCUT2D eigenvalue weighted by molar-refractivity contribution is 7.94. The fraction of sp³-hybridized carbons (Fsp3) is 0.500. The van der Waals surface area contributed by atoms with E-state index in [4.69, 9.17) is 5.73 Å². The zero-order chi connectivity index (χ0) is 9.07. The second kappa shape index (κ2) is 3.52. The first-order valence-electron chi connectivity index (χ1n) is 3.04. The summed E-state index contributed by atoms with van der Waals surface area (Å²) in [5, 5.41) is 0.0677. The number of carbonyl (C=O) groups excluding carboxylic acids is 1. The minimum absolute atomic E-state index is 0.158. The SMILES string of the molecule is C=CS(=O)(=O)[C@H](C)CC(N)=O. The van der Waals surface area contributed by atoms with Gasteiger partial charge in [-0.15, -0.1) is 0 Å². The molecule has 1 atom stereocenters. The van der Waals surface area contributed by atoms with Crippen LogP contribution in [0.1, 0.15) is 13.3 Å². The maximum absolute atomic E-state index is 10.9. The van der Waals surface area contributed by atoms with Gasteiger partial charge in [-0.3, -0.25) is 4.79 Å². The molecule has 0 aromatic rings. The average molecular weight is 177 g/mol. The summed E-state index contributed by atoms with van der Waals surface area (Å²) < 4.78 is 21.8. The summed E-state index contributed by atoms with van der Waals surface area (Å²) in [5.74, 6) is -0.622. The quantitative estimate of drug-likeness (QED) is 0.646. The zero-order valence-corrected chi connectivity index (χ0v) is 7.10. The third kappa shape index (κ3) is 3.18. The molecule has 0 saturated heterocycles. The van der Waals surface area contributed by atoms with Gasteiger partial charge in [0.25, 0.3) is 0 Å². The van der Waals surface area contributed by atoms with Gasteiger partial charge in [0.05, 0.1) is 5.25 Å². The number of rotatable bonds is 4. The summed E-state index contributed by atoms with van der Waals surface area (Å²) in [5.41, 5.74) is 4.81. The van der Waals surface area contributed by atoms with Crippen molar-refractivity contribution in [2.45, 2.75) is 18.6 Å². The van der Waals surface area contributed by atoms with Gasteiger partial charge < -0.3 is 5.73 Å². The first-order chi connectivity index (χ1) is 4.90. The number of sulfone groups is 1. The molecule has 0 saturated carbocycles. The van der Waals surface area contributed by atoms with Crippen LogP contribution in [0, 0.1) is 0 Å². The predicted octanol–water partition coefficient (Wildman–Crippen LogP) is -0.191. The second-order valence-corrected chi connectivity index (χ2v) is 4.55. The van der Waals surface area contributed by atoms with E-state index in [0.717, 1.165) is 5.41 Å². The summed E-state index contributed by atoms with van der Waals surface area (Å²) in [7, 11) is -3.33. The monoisotopic (exact) mass is 177 g/mol. The minimum atomic E-state index is -3.33. The number of primary amides is 1. The van der Waals surface area contributed by atoms with Crippen LogP contribution in [-0.2, 0) is 14.6 Å². The molecule has 0 aromatic heterocycles. The number of amides is 1. The molecule has 0 heterocycles. The molecule has 0 aliphatic rings. The van der Waals surface area contributed by atoms with Crippen molar-refractivity contribution in [1.82, 2.24) is 0 Å². The van der Waals surface area contributed by atoms with E-state index in [1.807, 2.05) is 0 Å². The fourth-order valence-corrected chi connectivity index (χ4v) is 1.29. The first kappa shape index (κ1) is 10.2. The summed E-state index contributed by atoms with van der Waals surface area (Å²) in [6.07, 6.45) is -0.158. The Labute approximate surface area is 66.0 Å². The molecule has 0 radical (unpaired) electrons. The number of hydrogen-bond donors (Lipinski definition) is 1. The zero-order valence-electron chi connectivity index (χ0n) is 6.28. The maximum Gasteiger partial charge on any atom is 0.218 e. The maximum atomic E-state index is 10.9. The Morgan fingerprint density at radius 1 is 1.73 bits per heavy atom. The van der Waals surface area contributed by atoms with Crippen molar-refractivity contribution in [3.8, 4) is 0 Å². The van der Waals surface area contributed by atoms with E-state index < -0.39 is 21.0 Å². The molecule has 0 unspecified atom stereocenters. The Hall–Kier alpha value is -0.840. The summed E-state index contributed by atoms with van der Waals surface area (Å²) >= 11 is 0. The van der Waals surface area contributed by atoms with E-state index >= 15 is 0 Å². The van der Waals surface area contributed by atoms with Crippen LogP contribution in [0.15, 0.2) is 12.0 Å².